The van der Waals surface area contributed by atoms with E-state index >= 15 is 0 Å². The molecule has 0 unspecified atom stereocenters. The van der Waals surface area contributed by atoms with Gasteiger partial charge in [0.25, 0.3) is 5.91 Å². The van der Waals surface area contributed by atoms with Crippen LogP contribution in [0.3, 0.4) is 0 Å². The maximum atomic E-state index is 12.1. The Morgan fingerprint density at radius 2 is 1.86 bits per heavy atom. The summed E-state index contributed by atoms with van der Waals surface area (Å²) < 4.78 is 5.21. The molecule has 0 radical (unpaired) electrons. The van der Waals surface area contributed by atoms with Gasteiger partial charge in [0.1, 0.15) is 17.4 Å². The predicted molar refractivity (Wildman–Crippen MR) is 84.9 cm³/mol. The first-order valence-corrected chi connectivity index (χ1v) is 6.81. The molecule has 110 valence electrons. The van der Waals surface area contributed by atoms with Crippen LogP contribution >= 0.6 is 0 Å². The molecule has 0 aromatic heterocycles. The highest BCUT2D eigenvalue weighted by Gasteiger charge is 2.10. The zero-order valence-corrected chi connectivity index (χ0v) is 12.2. The van der Waals surface area contributed by atoms with E-state index in [9.17, 15) is 10.1 Å². The molecular formula is C18H16N2O2. The fourth-order valence-electron chi connectivity index (χ4n) is 1.96. The number of para-hydroxylation sites is 1. The number of carbonyl (C=O) groups is 1. The summed E-state index contributed by atoms with van der Waals surface area (Å²) in [6.07, 6.45) is 1.53. The largest absolute Gasteiger partial charge is 0.496 e. The normalized spacial score (nSPS) is 10.6. The van der Waals surface area contributed by atoms with Gasteiger partial charge in [-0.15, -0.1) is 0 Å². The van der Waals surface area contributed by atoms with E-state index in [0.29, 0.717) is 17.9 Å². The lowest BCUT2D eigenvalue weighted by molar-refractivity contribution is -0.117. The van der Waals surface area contributed by atoms with Crippen LogP contribution < -0.4 is 10.1 Å². The number of carbonyl (C=O) groups excluding carboxylic acids is 1. The van der Waals surface area contributed by atoms with Gasteiger partial charge in [0, 0.05) is 12.1 Å². The number of hydrogen-bond donors (Lipinski definition) is 1. The molecule has 4 heteroatoms. The van der Waals surface area contributed by atoms with Crippen molar-refractivity contribution in [3.05, 3.63) is 71.3 Å². The van der Waals surface area contributed by atoms with Crippen LogP contribution in [0.5, 0.6) is 5.75 Å². The minimum atomic E-state index is -0.405. The van der Waals surface area contributed by atoms with Crippen LogP contribution in [0.4, 0.5) is 0 Å². The van der Waals surface area contributed by atoms with Gasteiger partial charge in [-0.3, -0.25) is 4.79 Å². The van der Waals surface area contributed by atoms with Crippen molar-refractivity contribution < 1.29 is 9.53 Å². The van der Waals surface area contributed by atoms with Crippen LogP contribution in [-0.2, 0) is 11.3 Å². The summed E-state index contributed by atoms with van der Waals surface area (Å²) >= 11 is 0. The quantitative estimate of drug-likeness (QED) is 0.681. The lowest BCUT2D eigenvalue weighted by Crippen LogP contribution is -2.23. The Bertz CT molecular complexity index is 715. The molecule has 0 saturated heterocycles. The minimum Gasteiger partial charge on any atom is -0.496 e. The number of hydrogen-bond acceptors (Lipinski definition) is 3. The monoisotopic (exact) mass is 292 g/mol. The molecule has 1 N–H and O–H groups in total. The summed E-state index contributed by atoms with van der Waals surface area (Å²) in [5.74, 6) is 0.211. The third-order valence-corrected chi connectivity index (χ3v) is 3.10. The van der Waals surface area contributed by atoms with Gasteiger partial charge in [0.2, 0.25) is 0 Å². The average molecular weight is 292 g/mol. The van der Waals surface area contributed by atoms with Crippen LogP contribution in [0.15, 0.2) is 60.2 Å². The number of benzene rings is 2. The first-order valence-electron chi connectivity index (χ1n) is 6.81. The first kappa shape index (κ1) is 15.3. The molecule has 0 saturated carbocycles. The molecule has 2 rings (SSSR count). The number of methoxy groups -OCH3 is 1. The second kappa shape index (κ2) is 7.65. The van der Waals surface area contributed by atoms with Gasteiger partial charge in [0.15, 0.2) is 0 Å². The topological polar surface area (TPSA) is 62.1 Å². The maximum Gasteiger partial charge on any atom is 0.262 e. The molecule has 2 aromatic carbocycles. The van der Waals surface area contributed by atoms with Gasteiger partial charge in [-0.25, -0.2) is 0 Å². The second-order valence-electron chi connectivity index (χ2n) is 4.58. The Hall–Kier alpha value is -3.06. The predicted octanol–water partition coefficient (Wildman–Crippen LogP) is 2.92. The van der Waals surface area contributed by atoms with Crippen molar-refractivity contribution in [3.8, 4) is 11.8 Å². The number of ether oxygens (including phenoxy) is 1. The van der Waals surface area contributed by atoms with Crippen molar-refractivity contribution in [1.82, 2.24) is 5.32 Å². The van der Waals surface area contributed by atoms with Crippen molar-refractivity contribution in [2.24, 2.45) is 0 Å². The lowest BCUT2D eigenvalue weighted by atomic mass is 10.1. The Kier molecular flexibility index (Phi) is 5.33. The van der Waals surface area contributed by atoms with E-state index in [1.54, 1.807) is 19.2 Å². The highest BCUT2D eigenvalue weighted by molar-refractivity contribution is 6.01. The van der Waals surface area contributed by atoms with Crippen LogP contribution in [0.1, 0.15) is 11.1 Å². The molecule has 0 aliphatic carbocycles. The van der Waals surface area contributed by atoms with E-state index in [1.165, 1.54) is 6.08 Å². The molecule has 22 heavy (non-hydrogen) atoms. The number of nitriles is 1. The Morgan fingerprint density at radius 1 is 1.18 bits per heavy atom. The van der Waals surface area contributed by atoms with Crippen molar-refractivity contribution in [2.45, 2.75) is 6.54 Å². The molecule has 0 fully saturated rings. The van der Waals surface area contributed by atoms with Gasteiger partial charge in [-0.05, 0) is 17.7 Å². The highest BCUT2D eigenvalue weighted by atomic mass is 16.5. The summed E-state index contributed by atoms with van der Waals surface area (Å²) in [6, 6.07) is 18.7. The van der Waals surface area contributed by atoms with Gasteiger partial charge in [0.05, 0.1) is 7.11 Å². The highest BCUT2D eigenvalue weighted by Crippen LogP contribution is 2.20. The molecule has 4 nitrogen and oxygen atoms in total. The van der Waals surface area contributed by atoms with Crippen molar-refractivity contribution >= 4 is 12.0 Å². The Labute approximate surface area is 129 Å². The molecule has 0 heterocycles. The fourth-order valence-corrected chi connectivity index (χ4v) is 1.96. The van der Waals surface area contributed by atoms with E-state index in [0.717, 1.165) is 5.56 Å². The summed E-state index contributed by atoms with van der Waals surface area (Å²) in [6.45, 7) is 0.380. The molecule has 0 spiro atoms. The third-order valence-electron chi connectivity index (χ3n) is 3.10. The summed E-state index contributed by atoms with van der Waals surface area (Å²) in [4.78, 5) is 12.1. The van der Waals surface area contributed by atoms with Crippen molar-refractivity contribution in [1.29, 1.82) is 5.26 Å². The second-order valence-corrected chi connectivity index (χ2v) is 4.58. The minimum absolute atomic E-state index is 0.0421. The third kappa shape index (κ3) is 3.97. The average Bonchev–Trinajstić information content (AvgIpc) is 2.58. The molecule has 0 bridgehead atoms. The van der Waals surface area contributed by atoms with Gasteiger partial charge in [-0.2, -0.15) is 5.26 Å². The van der Waals surface area contributed by atoms with Gasteiger partial charge >= 0.3 is 0 Å². The maximum absolute atomic E-state index is 12.1. The Morgan fingerprint density at radius 3 is 2.55 bits per heavy atom. The first-order chi connectivity index (χ1) is 10.7. The van der Waals surface area contributed by atoms with Gasteiger partial charge in [-0.1, -0.05) is 48.5 Å². The van der Waals surface area contributed by atoms with E-state index in [1.807, 2.05) is 48.5 Å². The molecular weight excluding hydrogens is 276 g/mol. The standard InChI is InChI=1S/C18H16N2O2/c1-22-17-10-6-5-9-15(17)11-16(12-19)18(21)20-13-14-7-3-2-4-8-14/h2-11H,13H2,1H3,(H,20,21)/b16-11-. The van der Waals surface area contributed by atoms with Crippen molar-refractivity contribution in [2.75, 3.05) is 7.11 Å². The number of rotatable bonds is 5. The number of nitrogens with one attached hydrogen (secondary N) is 1. The van der Waals surface area contributed by atoms with E-state index in [2.05, 4.69) is 5.32 Å². The number of nitrogens with zero attached hydrogens (tertiary/aromatic N) is 1. The summed E-state index contributed by atoms with van der Waals surface area (Å²) in [5, 5.41) is 11.9. The molecule has 2 aromatic rings. The van der Waals surface area contributed by atoms with Crippen LogP contribution in [-0.4, -0.2) is 13.0 Å². The van der Waals surface area contributed by atoms with E-state index < -0.39 is 5.91 Å². The summed E-state index contributed by atoms with van der Waals surface area (Å²) in [7, 11) is 1.55. The SMILES string of the molecule is COc1ccccc1/C=C(/C#N)C(=O)NCc1ccccc1. The number of amides is 1. The smallest absolute Gasteiger partial charge is 0.262 e. The zero-order chi connectivity index (χ0) is 15.8. The summed E-state index contributed by atoms with van der Waals surface area (Å²) in [5.41, 5.74) is 1.71. The zero-order valence-electron chi connectivity index (χ0n) is 12.2. The fraction of sp³-hybridized carbons (Fsp3) is 0.111. The Balaban J connectivity index is 2.12. The molecule has 0 atom stereocenters. The van der Waals surface area contributed by atoms with E-state index in [-0.39, 0.29) is 5.57 Å². The van der Waals surface area contributed by atoms with Crippen LogP contribution in [0.2, 0.25) is 0 Å². The van der Waals surface area contributed by atoms with Crippen LogP contribution in [0, 0.1) is 11.3 Å². The molecule has 0 aliphatic rings. The van der Waals surface area contributed by atoms with Crippen LogP contribution in [0.25, 0.3) is 6.08 Å². The van der Waals surface area contributed by atoms with E-state index in [4.69, 9.17) is 4.74 Å². The molecule has 0 aliphatic heterocycles. The lowest BCUT2D eigenvalue weighted by Gasteiger charge is -2.06. The van der Waals surface area contributed by atoms with Gasteiger partial charge < -0.3 is 10.1 Å². The molecule has 1 amide bonds. The van der Waals surface area contributed by atoms with Crippen molar-refractivity contribution in [3.63, 3.8) is 0 Å².